The molecule has 0 spiro atoms. The lowest BCUT2D eigenvalue weighted by Crippen LogP contribution is -2.42. The van der Waals surface area contributed by atoms with Crippen LogP contribution in [0.5, 0.6) is 5.88 Å². The van der Waals surface area contributed by atoms with E-state index in [-0.39, 0.29) is 18.1 Å². The van der Waals surface area contributed by atoms with Crippen LogP contribution in [0.15, 0.2) is 18.3 Å². The number of hydrogen-bond acceptors (Lipinski definition) is 4. The van der Waals surface area contributed by atoms with Gasteiger partial charge < -0.3 is 15.4 Å². The number of pyridine rings is 1. The second-order valence-electron chi connectivity index (χ2n) is 5.38. The van der Waals surface area contributed by atoms with E-state index in [1.54, 1.807) is 6.20 Å². The molecule has 0 aliphatic heterocycles. The number of hydrogen-bond donors (Lipinski definition) is 2. The first-order valence-corrected chi connectivity index (χ1v) is 7.66. The summed E-state index contributed by atoms with van der Waals surface area (Å²) >= 11 is 0. The van der Waals surface area contributed by atoms with Crippen molar-refractivity contribution in [2.45, 2.75) is 59.2 Å². The van der Waals surface area contributed by atoms with Crippen LogP contribution < -0.4 is 15.4 Å². The fraction of sp³-hybridized carbons (Fsp3) is 0.625. The molecule has 1 rings (SSSR count). The van der Waals surface area contributed by atoms with Gasteiger partial charge in [-0.2, -0.15) is 0 Å². The van der Waals surface area contributed by atoms with Crippen LogP contribution in [0.3, 0.4) is 0 Å². The van der Waals surface area contributed by atoms with Gasteiger partial charge in [-0.25, -0.2) is 4.98 Å². The Morgan fingerprint density at radius 3 is 2.81 bits per heavy atom. The number of rotatable bonds is 9. The van der Waals surface area contributed by atoms with E-state index in [1.165, 1.54) is 0 Å². The van der Waals surface area contributed by atoms with Gasteiger partial charge in [-0.15, -0.1) is 0 Å². The fourth-order valence-corrected chi connectivity index (χ4v) is 1.79. The second kappa shape index (κ2) is 9.34. The zero-order valence-electron chi connectivity index (χ0n) is 13.5. The van der Waals surface area contributed by atoms with Crippen molar-refractivity contribution in [3.05, 3.63) is 23.9 Å². The topological polar surface area (TPSA) is 63.2 Å². The number of ether oxygens (including phenoxy) is 1. The highest BCUT2D eigenvalue weighted by atomic mass is 16.5. The summed E-state index contributed by atoms with van der Waals surface area (Å²) < 4.78 is 5.67. The molecule has 21 heavy (non-hydrogen) atoms. The molecule has 0 bridgehead atoms. The van der Waals surface area contributed by atoms with Crippen LogP contribution >= 0.6 is 0 Å². The molecule has 0 radical (unpaired) electrons. The fourth-order valence-electron chi connectivity index (χ4n) is 1.79. The molecular weight excluding hydrogens is 266 g/mol. The third kappa shape index (κ3) is 6.58. The first-order chi connectivity index (χ1) is 10.0. The van der Waals surface area contributed by atoms with E-state index >= 15 is 0 Å². The lowest BCUT2D eigenvalue weighted by Gasteiger charge is -2.16. The Kier molecular flexibility index (Phi) is 7.75. The van der Waals surface area contributed by atoms with Gasteiger partial charge in [0, 0.05) is 24.8 Å². The van der Waals surface area contributed by atoms with E-state index < -0.39 is 0 Å². The van der Waals surface area contributed by atoms with Gasteiger partial charge >= 0.3 is 0 Å². The summed E-state index contributed by atoms with van der Waals surface area (Å²) in [6, 6.07) is 3.59. The summed E-state index contributed by atoms with van der Waals surface area (Å²) in [6.45, 7) is 9.19. The van der Waals surface area contributed by atoms with Crippen molar-refractivity contribution in [2.75, 3.05) is 6.54 Å². The zero-order valence-corrected chi connectivity index (χ0v) is 13.5. The van der Waals surface area contributed by atoms with E-state index in [0.717, 1.165) is 24.9 Å². The first kappa shape index (κ1) is 17.4. The van der Waals surface area contributed by atoms with Crippen LogP contribution in [0.1, 0.15) is 46.1 Å². The van der Waals surface area contributed by atoms with Crippen molar-refractivity contribution < 1.29 is 9.53 Å². The van der Waals surface area contributed by atoms with E-state index in [1.807, 2.05) is 32.9 Å². The lowest BCUT2D eigenvalue weighted by molar-refractivity contribution is -0.122. The molecule has 118 valence electrons. The van der Waals surface area contributed by atoms with Gasteiger partial charge in [0.05, 0.1) is 12.1 Å². The van der Waals surface area contributed by atoms with Crippen molar-refractivity contribution in [1.82, 2.24) is 15.6 Å². The Morgan fingerprint density at radius 2 is 2.14 bits per heavy atom. The largest absolute Gasteiger partial charge is 0.475 e. The highest BCUT2D eigenvalue weighted by Crippen LogP contribution is 2.15. The van der Waals surface area contributed by atoms with Crippen LogP contribution in [0, 0.1) is 0 Å². The van der Waals surface area contributed by atoms with Crippen LogP contribution in [0.25, 0.3) is 0 Å². The zero-order chi connectivity index (χ0) is 15.7. The Morgan fingerprint density at radius 1 is 1.38 bits per heavy atom. The van der Waals surface area contributed by atoms with E-state index in [4.69, 9.17) is 4.74 Å². The summed E-state index contributed by atoms with van der Waals surface area (Å²) in [5.41, 5.74) is 0.958. The Bertz CT molecular complexity index is 435. The molecule has 0 aromatic carbocycles. The monoisotopic (exact) mass is 293 g/mol. The van der Waals surface area contributed by atoms with Gasteiger partial charge in [-0.1, -0.05) is 19.4 Å². The average molecular weight is 293 g/mol. The minimum absolute atomic E-state index is 0.0265. The molecule has 1 aromatic heterocycles. The molecule has 0 saturated heterocycles. The van der Waals surface area contributed by atoms with Crippen LogP contribution in [-0.4, -0.2) is 29.6 Å². The first-order valence-electron chi connectivity index (χ1n) is 7.66. The lowest BCUT2D eigenvalue weighted by atomic mass is 10.2. The van der Waals surface area contributed by atoms with E-state index in [9.17, 15) is 4.79 Å². The predicted octanol–water partition coefficient (Wildman–Crippen LogP) is 2.26. The maximum absolute atomic E-state index is 11.9. The molecule has 5 nitrogen and oxygen atoms in total. The van der Waals surface area contributed by atoms with Gasteiger partial charge in [-0.3, -0.25) is 4.79 Å². The molecule has 0 aliphatic rings. The Hall–Kier alpha value is -1.62. The standard InChI is InChI=1S/C16H27N3O2/c1-5-6-9-17-15(20)13(4)19-11-14-8-7-10-18-16(14)21-12(2)3/h7-8,10,12-13,19H,5-6,9,11H2,1-4H3,(H,17,20). The number of carbonyl (C=O) groups is 1. The quantitative estimate of drug-likeness (QED) is 0.686. The van der Waals surface area contributed by atoms with Crippen molar-refractivity contribution in [2.24, 2.45) is 0 Å². The smallest absolute Gasteiger partial charge is 0.236 e. The molecule has 1 atom stereocenters. The van der Waals surface area contributed by atoms with Gasteiger partial charge in [0.15, 0.2) is 0 Å². The summed E-state index contributed by atoms with van der Waals surface area (Å²) in [6.07, 6.45) is 3.87. The van der Waals surface area contributed by atoms with Crippen molar-refractivity contribution >= 4 is 5.91 Å². The molecule has 1 aromatic rings. The van der Waals surface area contributed by atoms with Crippen LogP contribution in [0.4, 0.5) is 0 Å². The summed E-state index contributed by atoms with van der Waals surface area (Å²) in [7, 11) is 0. The highest BCUT2D eigenvalue weighted by Gasteiger charge is 2.13. The third-order valence-electron chi connectivity index (χ3n) is 3.02. The molecule has 0 aliphatic carbocycles. The van der Waals surface area contributed by atoms with E-state index in [0.29, 0.717) is 12.4 Å². The third-order valence-corrected chi connectivity index (χ3v) is 3.02. The minimum atomic E-state index is -0.242. The van der Waals surface area contributed by atoms with Gasteiger partial charge in [0.25, 0.3) is 0 Å². The maximum atomic E-state index is 11.9. The number of aromatic nitrogens is 1. The van der Waals surface area contributed by atoms with Gasteiger partial charge in [0.2, 0.25) is 11.8 Å². The second-order valence-corrected chi connectivity index (χ2v) is 5.38. The molecule has 1 heterocycles. The summed E-state index contributed by atoms with van der Waals surface area (Å²) in [5, 5.41) is 6.13. The summed E-state index contributed by atoms with van der Waals surface area (Å²) in [5.74, 6) is 0.650. The number of nitrogens with zero attached hydrogens (tertiary/aromatic N) is 1. The molecular formula is C16H27N3O2. The van der Waals surface area contributed by atoms with Crippen molar-refractivity contribution in [3.63, 3.8) is 0 Å². The molecule has 1 amide bonds. The van der Waals surface area contributed by atoms with Crippen LogP contribution in [0.2, 0.25) is 0 Å². The molecule has 5 heteroatoms. The number of carbonyl (C=O) groups excluding carboxylic acids is 1. The molecule has 2 N–H and O–H groups in total. The Balaban J connectivity index is 2.49. The highest BCUT2D eigenvalue weighted by molar-refractivity contribution is 5.81. The van der Waals surface area contributed by atoms with Gasteiger partial charge in [0.1, 0.15) is 0 Å². The average Bonchev–Trinajstić information content (AvgIpc) is 2.45. The SMILES string of the molecule is CCCCNC(=O)C(C)NCc1cccnc1OC(C)C. The number of amides is 1. The predicted molar refractivity (Wildman–Crippen MR) is 84.2 cm³/mol. The van der Waals surface area contributed by atoms with E-state index in [2.05, 4.69) is 22.5 Å². The minimum Gasteiger partial charge on any atom is -0.475 e. The maximum Gasteiger partial charge on any atom is 0.236 e. The van der Waals surface area contributed by atoms with Crippen LogP contribution in [-0.2, 0) is 11.3 Å². The molecule has 1 unspecified atom stereocenters. The molecule has 0 fully saturated rings. The normalized spacial score (nSPS) is 12.2. The number of nitrogens with one attached hydrogen (secondary N) is 2. The summed E-state index contributed by atoms with van der Waals surface area (Å²) in [4.78, 5) is 16.1. The number of unbranched alkanes of at least 4 members (excludes halogenated alkanes) is 1. The van der Waals surface area contributed by atoms with Gasteiger partial charge in [-0.05, 0) is 33.3 Å². The Labute approximate surface area is 127 Å². The van der Waals surface area contributed by atoms with Crippen molar-refractivity contribution in [1.29, 1.82) is 0 Å². The molecule has 0 saturated carbocycles. The van der Waals surface area contributed by atoms with Crippen molar-refractivity contribution in [3.8, 4) is 5.88 Å².